The SMILES string of the molecule is O=C1CC(CS(=O)(=O)F)CN1c1c(F)c(F)c(F)c(F)c1F. The van der Waals surface area contributed by atoms with E-state index in [-0.39, 0.29) is 4.90 Å². The standard InChI is InChI=1S/C11H7F6NO3S/c12-6-7(13)9(15)11(10(16)8(6)14)18-2-4(1-5(18)19)3-22(17,20)21/h4H,1-3H2. The van der Waals surface area contributed by atoms with Crippen molar-refractivity contribution in [3.8, 4) is 0 Å². The van der Waals surface area contributed by atoms with E-state index in [4.69, 9.17) is 0 Å². The maximum Gasteiger partial charge on any atom is 0.302 e. The van der Waals surface area contributed by atoms with Crippen LogP contribution in [-0.4, -0.2) is 26.6 Å². The maximum absolute atomic E-state index is 13.6. The first-order valence-electron chi connectivity index (χ1n) is 5.77. The molecule has 1 saturated heterocycles. The first-order chi connectivity index (χ1) is 10.0. The molecule has 1 aliphatic rings. The molecule has 0 radical (unpaired) electrons. The summed E-state index contributed by atoms with van der Waals surface area (Å²) in [5.74, 6) is -14.6. The van der Waals surface area contributed by atoms with E-state index < -0.39 is 75.5 Å². The minimum Gasteiger partial charge on any atom is -0.307 e. The molecule has 1 aromatic carbocycles. The highest BCUT2D eigenvalue weighted by Gasteiger charge is 2.39. The van der Waals surface area contributed by atoms with Crippen molar-refractivity contribution in [2.24, 2.45) is 5.92 Å². The van der Waals surface area contributed by atoms with Crippen LogP contribution < -0.4 is 4.90 Å². The summed E-state index contributed by atoms with van der Waals surface area (Å²) in [6.45, 7) is -0.680. The molecule has 1 fully saturated rings. The number of rotatable bonds is 3. The Labute approximate surface area is 120 Å². The maximum atomic E-state index is 13.6. The van der Waals surface area contributed by atoms with Crippen molar-refractivity contribution in [3.05, 3.63) is 29.1 Å². The summed E-state index contributed by atoms with van der Waals surface area (Å²) < 4.78 is 99.9. The fraction of sp³-hybridized carbons (Fsp3) is 0.364. The predicted octanol–water partition coefficient (Wildman–Crippen LogP) is 2.03. The van der Waals surface area contributed by atoms with Gasteiger partial charge in [-0.05, 0) is 0 Å². The summed E-state index contributed by atoms with van der Waals surface area (Å²) in [5, 5.41) is 0. The number of halogens is 6. The van der Waals surface area contributed by atoms with Crippen molar-refractivity contribution in [1.82, 2.24) is 0 Å². The highest BCUT2D eigenvalue weighted by atomic mass is 32.3. The van der Waals surface area contributed by atoms with Crippen LogP contribution in [0.15, 0.2) is 0 Å². The van der Waals surface area contributed by atoms with E-state index in [1.807, 2.05) is 0 Å². The van der Waals surface area contributed by atoms with Crippen LogP contribution in [0.25, 0.3) is 0 Å². The zero-order chi connectivity index (χ0) is 16.8. The third kappa shape index (κ3) is 2.89. The van der Waals surface area contributed by atoms with Crippen LogP contribution >= 0.6 is 0 Å². The number of nitrogens with zero attached hydrogens (tertiary/aromatic N) is 1. The van der Waals surface area contributed by atoms with Crippen LogP contribution in [0.5, 0.6) is 0 Å². The zero-order valence-electron chi connectivity index (χ0n) is 10.5. The summed E-state index contributed by atoms with van der Waals surface area (Å²) in [6, 6.07) is 0. The van der Waals surface area contributed by atoms with E-state index in [1.165, 1.54) is 0 Å². The smallest absolute Gasteiger partial charge is 0.302 e. The molecule has 1 aromatic rings. The molecule has 0 bridgehead atoms. The van der Waals surface area contributed by atoms with Gasteiger partial charge in [-0.1, -0.05) is 0 Å². The van der Waals surface area contributed by atoms with Crippen molar-refractivity contribution < 1.29 is 39.1 Å². The first-order valence-corrected chi connectivity index (χ1v) is 7.32. The molecule has 0 aliphatic carbocycles. The molecular weight excluding hydrogens is 340 g/mol. The lowest BCUT2D eigenvalue weighted by atomic mass is 10.1. The third-order valence-corrected chi connectivity index (χ3v) is 3.97. The Kier molecular flexibility index (Phi) is 4.11. The number of benzene rings is 1. The highest BCUT2D eigenvalue weighted by molar-refractivity contribution is 7.86. The van der Waals surface area contributed by atoms with Gasteiger partial charge in [-0.2, -0.15) is 8.42 Å². The lowest BCUT2D eigenvalue weighted by Gasteiger charge is -2.19. The van der Waals surface area contributed by atoms with Crippen LogP contribution in [-0.2, 0) is 15.0 Å². The number of anilines is 1. The second-order valence-corrected chi connectivity index (χ2v) is 6.11. The first kappa shape index (κ1) is 16.6. The van der Waals surface area contributed by atoms with Crippen LogP contribution in [0.1, 0.15) is 6.42 Å². The Bertz CT molecular complexity index is 722. The molecule has 1 atom stereocenters. The normalized spacial score (nSPS) is 19.1. The van der Waals surface area contributed by atoms with Crippen LogP contribution in [0.4, 0.5) is 31.5 Å². The van der Waals surface area contributed by atoms with E-state index in [9.17, 15) is 39.1 Å². The molecule has 1 aliphatic heterocycles. The summed E-state index contributed by atoms with van der Waals surface area (Å²) in [5.41, 5.74) is -1.47. The van der Waals surface area contributed by atoms with Gasteiger partial charge in [-0.3, -0.25) is 4.79 Å². The topological polar surface area (TPSA) is 54.5 Å². The van der Waals surface area contributed by atoms with E-state index >= 15 is 0 Å². The average Bonchev–Trinajstić information content (AvgIpc) is 2.73. The van der Waals surface area contributed by atoms with Gasteiger partial charge in [0.2, 0.25) is 11.7 Å². The lowest BCUT2D eigenvalue weighted by Crippen LogP contribution is -2.28. The lowest BCUT2D eigenvalue weighted by molar-refractivity contribution is -0.117. The molecule has 22 heavy (non-hydrogen) atoms. The molecule has 4 nitrogen and oxygen atoms in total. The van der Waals surface area contributed by atoms with E-state index in [1.54, 1.807) is 0 Å². The number of hydrogen-bond acceptors (Lipinski definition) is 3. The van der Waals surface area contributed by atoms with Gasteiger partial charge in [-0.25, -0.2) is 22.0 Å². The molecule has 0 aromatic heterocycles. The van der Waals surface area contributed by atoms with Gasteiger partial charge in [0.25, 0.3) is 0 Å². The molecule has 122 valence electrons. The van der Waals surface area contributed by atoms with E-state index in [0.717, 1.165) is 0 Å². The molecule has 0 N–H and O–H groups in total. The van der Waals surface area contributed by atoms with Gasteiger partial charge in [0.1, 0.15) is 5.69 Å². The van der Waals surface area contributed by atoms with E-state index in [0.29, 0.717) is 0 Å². The predicted molar refractivity (Wildman–Crippen MR) is 61.6 cm³/mol. The molecule has 1 heterocycles. The van der Waals surface area contributed by atoms with Crippen molar-refractivity contribution in [2.75, 3.05) is 17.2 Å². The molecule has 2 rings (SSSR count). The average molecular weight is 347 g/mol. The minimum absolute atomic E-state index is 0.228. The molecule has 1 unspecified atom stereocenters. The summed E-state index contributed by atoms with van der Waals surface area (Å²) in [4.78, 5) is 11.8. The monoisotopic (exact) mass is 347 g/mol. The molecular formula is C11H7F6NO3S. The van der Waals surface area contributed by atoms with Gasteiger partial charge in [0.05, 0.1) is 5.75 Å². The van der Waals surface area contributed by atoms with Crippen LogP contribution in [0.2, 0.25) is 0 Å². The summed E-state index contributed by atoms with van der Waals surface area (Å²) in [7, 11) is -4.95. The van der Waals surface area contributed by atoms with Gasteiger partial charge >= 0.3 is 10.2 Å². The number of carbonyl (C=O) groups excluding carboxylic acids is 1. The largest absolute Gasteiger partial charge is 0.307 e. The van der Waals surface area contributed by atoms with Gasteiger partial charge in [-0.15, -0.1) is 3.89 Å². The van der Waals surface area contributed by atoms with Crippen molar-refractivity contribution in [3.63, 3.8) is 0 Å². The third-order valence-electron chi connectivity index (χ3n) is 3.10. The fourth-order valence-corrected chi connectivity index (χ4v) is 3.01. The zero-order valence-corrected chi connectivity index (χ0v) is 11.4. The Hall–Kier alpha value is -1.78. The Balaban J connectivity index is 2.43. The highest BCUT2D eigenvalue weighted by Crippen LogP contribution is 2.34. The Morgan fingerprint density at radius 1 is 0.955 bits per heavy atom. The van der Waals surface area contributed by atoms with Crippen LogP contribution in [0, 0.1) is 35.0 Å². The number of amides is 1. The van der Waals surface area contributed by atoms with Crippen molar-refractivity contribution in [2.45, 2.75) is 6.42 Å². The van der Waals surface area contributed by atoms with Crippen molar-refractivity contribution in [1.29, 1.82) is 0 Å². The number of hydrogen-bond donors (Lipinski definition) is 0. The minimum atomic E-state index is -4.95. The molecule has 0 saturated carbocycles. The fourth-order valence-electron chi connectivity index (χ4n) is 2.22. The molecule has 1 amide bonds. The van der Waals surface area contributed by atoms with Crippen LogP contribution in [0.3, 0.4) is 0 Å². The quantitative estimate of drug-likeness (QED) is 0.364. The van der Waals surface area contributed by atoms with Gasteiger partial charge in [0, 0.05) is 18.9 Å². The van der Waals surface area contributed by atoms with Crippen molar-refractivity contribution >= 4 is 21.8 Å². The van der Waals surface area contributed by atoms with E-state index in [2.05, 4.69) is 0 Å². The van der Waals surface area contributed by atoms with Gasteiger partial charge in [0.15, 0.2) is 23.3 Å². The Morgan fingerprint density at radius 2 is 1.41 bits per heavy atom. The summed E-state index contributed by atoms with van der Waals surface area (Å²) >= 11 is 0. The second-order valence-electron chi connectivity index (χ2n) is 4.70. The molecule has 11 heteroatoms. The Morgan fingerprint density at radius 3 is 1.86 bits per heavy atom. The second kappa shape index (κ2) is 5.45. The van der Waals surface area contributed by atoms with Gasteiger partial charge < -0.3 is 4.90 Å². The number of carbonyl (C=O) groups is 1. The molecule has 0 spiro atoms. The summed E-state index contributed by atoms with van der Waals surface area (Å²) in [6.07, 6.45) is -0.595.